The first kappa shape index (κ1) is 15.0. The number of rotatable bonds is 5. The number of hydrogen-bond acceptors (Lipinski definition) is 3. The van der Waals surface area contributed by atoms with Crippen LogP contribution < -0.4 is 16.6 Å². The van der Waals surface area contributed by atoms with Gasteiger partial charge >= 0.3 is 0 Å². The molecule has 2 unspecified atom stereocenters. The Morgan fingerprint density at radius 3 is 2.57 bits per heavy atom. The van der Waals surface area contributed by atoms with Crippen LogP contribution in [0.5, 0.6) is 0 Å². The number of nitrogens with two attached hydrogens (primary N) is 1. The molecule has 4 N–H and O–H groups in total. The van der Waals surface area contributed by atoms with Crippen LogP contribution in [-0.2, 0) is 11.3 Å². The van der Waals surface area contributed by atoms with Gasteiger partial charge in [0.1, 0.15) is 0 Å². The molecule has 1 amide bonds. The van der Waals surface area contributed by atoms with Crippen LogP contribution in [-0.4, -0.2) is 10.9 Å². The quantitative estimate of drug-likeness (QED) is 0.774. The van der Waals surface area contributed by atoms with Gasteiger partial charge in [-0.1, -0.05) is 43.3 Å². The third kappa shape index (κ3) is 4.03. The van der Waals surface area contributed by atoms with Crippen LogP contribution in [0.25, 0.3) is 0 Å². The molecule has 0 aliphatic heterocycles. The summed E-state index contributed by atoms with van der Waals surface area (Å²) >= 11 is 0. The van der Waals surface area contributed by atoms with Crippen LogP contribution in [0.3, 0.4) is 0 Å². The van der Waals surface area contributed by atoms with Gasteiger partial charge < -0.3 is 16.0 Å². The van der Waals surface area contributed by atoms with Crippen molar-refractivity contribution in [3.8, 4) is 0 Å². The molecule has 0 radical (unpaired) electrons. The van der Waals surface area contributed by atoms with E-state index in [1.54, 1.807) is 19.2 Å². The predicted octanol–water partition coefficient (Wildman–Crippen LogP) is 1.33. The second-order valence-electron chi connectivity index (χ2n) is 5.00. The molecule has 2 rings (SSSR count). The maximum Gasteiger partial charge on any atom is 0.247 e. The molecule has 0 spiro atoms. The highest BCUT2D eigenvalue weighted by atomic mass is 16.2. The highest BCUT2D eigenvalue weighted by molar-refractivity contribution is 5.79. The largest absolute Gasteiger partial charge is 0.352 e. The lowest BCUT2D eigenvalue weighted by Gasteiger charge is -2.19. The second-order valence-corrected chi connectivity index (χ2v) is 5.00. The number of carbonyl (C=O) groups is 1. The minimum Gasteiger partial charge on any atom is -0.352 e. The third-order valence-corrected chi connectivity index (χ3v) is 3.45. The van der Waals surface area contributed by atoms with Gasteiger partial charge in [0.2, 0.25) is 11.5 Å². The van der Waals surface area contributed by atoms with Crippen molar-refractivity contribution in [2.45, 2.75) is 19.5 Å². The van der Waals surface area contributed by atoms with E-state index in [0.717, 1.165) is 11.1 Å². The summed E-state index contributed by atoms with van der Waals surface area (Å²) < 4.78 is 0. The van der Waals surface area contributed by atoms with Crippen molar-refractivity contribution in [3.05, 3.63) is 70.1 Å². The summed E-state index contributed by atoms with van der Waals surface area (Å²) in [6, 6.07) is 12.3. The van der Waals surface area contributed by atoms with Crippen LogP contribution in [0.4, 0.5) is 0 Å². The normalized spacial score (nSPS) is 13.4. The first-order valence-corrected chi connectivity index (χ1v) is 6.84. The predicted molar refractivity (Wildman–Crippen MR) is 81.4 cm³/mol. The molecule has 0 aliphatic carbocycles. The molecule has 0 saturated heterocycles. The number of benzene rings is 1. The van der Waals surface area contributed by atoms with Crippen LogP contribution in [0, 0.1) is 5.92 Å². The van der Waals surface area contributed by atoms with Crippen molar-refractivity contribution in [2.24, 2.45) is 11.7 Å². The Balaban J connectivity index is 1.93. The molecular weight excluding hydrogens is 266 g/mol. The smallest absolute Gasteiger partial charge is 0.247 e. The molecule has 21 heavy (non-hydrogen) atoms. The van der Waals surface area contributed by atoms with Crippen molar-refractivity contribution in [2.75, 3.05) is 0 Å². The minimum atomic E-state index is -0.346. The number of H-pyrrole nitrogens is 1. The summed E-state index contributed by atoms with van der Waals surface area (Å²) in [5.41, 5.74) is 7.73. The Kier molecular flexibility index (Phi) is 4.90. The fourth-order valence-corrected chi connectivity index (χ4v) is 2.03. The Morgan fingerprint density at radius 2 is 1.95 bits per heavy atom. The lowest BCUT2D eigenvalue weighted by atomic mass is 9.94. The number of carbonyl (C=O) groups excluding carboxylic acids is 1. The van der Waals surface area contributed by atoms with Gasteiger partial charge in [-0.2, -0.15) is 0 Å². The fourth-order valence-electron chi connectivity index (χ4n) is 2.03. The number of amides is 1. The summed E-state index contributed by atoms with van der Waals surface area (Å²) in [5, 5.41) is 2.83. The maximum absolute atomic E-state index is 12.1. The maximum atomic E-state index is 12.1. The van der Waals surface area contributed by atoms with Gasteiger partial charge in [0.05, 0.1) is 5.92 Å². The number of aromatic amines is 1. The molecule has 0 saturated carbocycles. The molecule has 0 bridgehead atoms. The highest BCUT2D eigenvalue weighted by Crippen LogP contribution is 2.19. The first-order valence-electron chi connectivity index (χ1n) is 6.84. The molecule has 0 aliphatic rings. The molecule has 1 aromatic carbocycles. The monoisotopic (exact) mass is 285 g/mol. The van der Waals surface area contributed by atoms with Crippen LogP contribution in [0.1, 0.15) is 24.1 Å². The van der Waals surface area contributed by atoms with Crippen molar-refractivity contribution < 1.29 is 4.79 Å². The zero-order valence-electron chi connectivity index (χ0n) is 11.9. The standard InChI is InChI=1S/C16H19N3O2/c1-11(15(17)13-5-3-2-4-6-13)16(21)19-10-12-7-8-14(20)18-9-12/h2-9,11,15H,10,17H2,1H3,(H,18,20)(H,19,21). The molecule has 2 aromatic rings. The van der Waals surface area contributed by atoms with E-state index < -0.39 is 0 Å². The lowest BCUT2D eigenvalue weighted by molar-refractivity contribution is -0.125. The van der Waals surface area contributed by atoms with E-state index in [9.17, 15) is 9.59 Å². The molecule has 5 heteroatoms. The van der Waals surface area contributed by atoms with E-state index in [1.165, 1.54) is 6.07 Å². The van der Waals surface area contributed by atoms with Crippen molar-refractivity contribution in [1.29, 1.82) is 0 Å². The average Bonchev–Trinajstić information content (AvgIpc) is 2.53. The van der Waals surface area contributed by atoms with E-state index in [0.29, 0.717) is 6.54 Å². The van der Waals surface area contributed by atoms with Crippen molar-refractivity contribution in [1.82, 2.24) is 10.3 Å². The summed E-state index contributed by atoms with van der Waals surface area (Å²) in [5.74, 6) is -0.451. The van der Waals surface area contributed by atoms with E-state index in [1.807, 2.05) is 30.3 Å². The zero-order valence-corrected chi connectivity index (χ0v) is 11.9. The van der Waals surface area contributed by atoms with E-state index >= 15 is 0 Å². The molecule has 1 heterocycles. The van der Waals surface area contributed by atoms with E-state index in [4.69, 9.17) is 5.73 Å². The van der Waals surface area contributed by atoms with Crippen LogP contribution in [0.15, 0.2) is 53.5 Å². The highest BCUT2D eigenvalue weighted by Gasteiger charge is 2.21. The zero-order chi connectivity index (χ0) is 15.2. The molecule has 110 valence electrons. The number of pyridine rings is 1. The Morgan fingerprint density at radius 1 is 1.24 bits per heavy atom. The number of nitrogens with one attached hydrogen (secondary N) is 2. The van der Waals surface area contributed by atoms with E-state index in [-0.39, 0.29) is 23.4 Å². The van der Waals surface area contributed by atoms with Gasteiger partial charge in [0.25, 0.3) is 0 Å². The van der Waals surface area contributed by atoms with Gasteiger partial charge in [-0.3, -0.25) is 9.59 Å². The molecule has 5 nitrogen and oxygen atoms in total. The SMILES string of the molecule is CC(C(=O)NCc1ccc(=O)[nH]c1)C(N)c1ccccc1. The summed E-state index contributed by atoms with van der Waals surface area (Å²) in [6.45, 7) is 2.17. The Labute approximate surface area is 123 Å². The lowest BCUT2D eigenvalue weighted by Crippen LogP contribution is -2.35. The van der Waals surface area contributed by atoms with Gasteiger partial charge in [0.15, 0.2) is 0 Å². The summed E-state index contributed by atoms with van der Waals surface area (Å²) in [6.07, 6.45) is 1.59. The average molecular weight is 285 g/mol. The summed E-state index contributed by atoms with van der Waals surface area (Å²) in [4.78, 5) is 25.7. The van der Waals surface area contributed by atoms with Crippen molar-refractivity contribution >= 4 is 5.91 Å². The van der Waals surface area contributed by atoms with Crippen molar-refractivity contribution in [3.63, 3.8) is 0 Å². The van der Waals surface area contributed by atoms with Crippen LogP contribution >= 0.6 is 0 Å². The molecule has 2 atom stereocenters. The van der Waals surface area contributed by atoms with E-state index in [2.05, 4.69) is 10.3 Å². The molecular formula is C16H19N3O2. The third-order valence-electron chi connectivity index (χ3n) is 3.45. The fraction of sp³-hybridized carbons (Fsp3) is 0.250. The number of hydrogen-bond donors (Lipinski definition) is 3. The van der Waals surface area contributed by atoms with Gasteiger partial charge in [-0.05, 0) is 11.1 Å². The topological polar surface area (TPSA) is 88.0 Å². The Hall–Kier alpha value is -2.40. The Bertz CT molecular complexity index is 632. The molecule has 1 aromatic heterocycles. The minimum absolute atomic E-state index is 0.113. The number of aromatic nitrogens is 1. The molecule has 0 fully saturated rings. The summed E-state index contributed by atoms with van der Waals surface area (Å²) in [7, 11) is 0. The van der Waals surface area contributed by atoms with Gasteiger partial charge in [0, 0.05) is 24.8 Å². The second kappa shape index (κ2) is 6.85. The van der Waals surface area contributed by atoms with Gasteiger partial charge in [-0.25, -0.2) is 0 Å². The van der Waals surface area contributed by atoms with Gasteiger partial charge in [-0.15, -0.1) is 0 Å². The van der Waals surface area contributed by atoms with Crippen LogP contribution in [0.2, 0.25) is 0 Å². The first-order chi connectivity index (χ1) is 10.1.